The molecule has 5 heteroatoms. The molecule has 1 amide bonds. The van der Waals surface area contributed by atoms with Crippen LogP contribution in [0.3, 0.4) is 0 Å². The Bertz CT molecular complexity index is 225. The summed E-state index contributed by atoms with van der Waals surface area (Å²) >= 11 is 0. The van der Waals surface area contributed by atoms with Gasteiger partial charge in [-0.1, -0.05) is 20.8 Å². The molecule has 88 valence electrons. The van der Waals surface area contributed by atoms with E-state index in [1.165, 1.54) is 6.92 Å². The molecule has 3 N–H and O–H groups in total. The van der Waals surface area contributed by atoms with Gasteiger partial charge in [0.25, 0.3) is 0 Å². The van der Waals surface area contributed by atoms with Crippen molar-refractivity contribution in [1.29, 1.82) is 0 Å². The molecule has 0 aromatic heterocycles. The van der Waals surface area contributed by atoms with E-state index in [1.54, 1.807) is 6.92 Å². The third-order valence-electron chi connectivity index (χ3n) is 2.61. The second-order valence-corrected chi connectivity index (χ2v) is 3.71. The summed E-state index contributed by atoms with van der Waals surface area (Å²) in [7, 11) is 0. The van der Waals surface area contributed by atoms with Gasteiger partial charge < -0.3 is 15.5 Å². The molecular weight excluding hydrogens is 198 g/mol. The summed E-state index contributed by atoms with van der Waals surface area (Å²) in [4.78, 5) is 22.2. The van der Waals surface area contributed by atoms with Crippen LogP contribution in [-0.2, 0) is 9.59 Å². The normalized spacial score (nSPS) is 16.5. The minimum absolute atomic E-state index is 0.129. The van der Waals surface area contributed by atoms with Crippen molar-refractivity contribution < 1.29 is 19.8 Å². The first-order valence-electron chi connectivity index (χ1n) is 5.08. The first-order chi connectivity index (χ1) is 6.93. The Morgan fingerprint density at radius 2 is 1.80 bits per heavy atom. The number of aliphatic hydroxyl groups is 1. The van der Waals surface area contributed by atoms with Gasteiger partial charge in [0.2, 0.25) is 5.91 Å². The van der Waals surface area contributed by atoms with E-state index in [9.17, 15) is 9.59 Å². The van der Waals surface area contributed by atoms with Gasteiger partial charge in [-0.25, -0.2) is 0 Å². The molecule has 0 aliphatic heterocycles. The Kier molecular flexibility index (Phi) is 5.93. The Balaban J connectivity index is 4.26. The van der Waals surface area contributed by atoms with E-state index < -0.39 is 17.8 Å². The van der Waals surface area contributed by atoms with Crippen LogP contribution in [0.2, 0.25) is 0 Å². The topological polar surface area (TPSA) is 86.6 Å². The van der Waals surface area contributed by atoms with Crippen LogP contribution in [0, 0.1) is 11.8 Å². The van der Waals surface area contributed by atoms with Gasteiger partial charge in [0.15, 0.2) is 0 Å². The van der Waals surface area contributed by atoms with E-state index >= 15 is 0 Å². The van der Waals surface area contributed by atoms with Gasteiger partial charge >= 0.3 is 5.97 Å². The van der Waals surface area contributed by atoms with Crippen molar-refractivity contribution in [3.8, 4) is 0 Å². The number of aliphatic carboxylic acids is 1. The number of carboxylic acid groups (broad SMARTS) is 1. The van der Waals surface area contributed by atoms with Crippen LogP contribution in [0.4, 0.5) is 0 Å². The molecule has 3 atom stereocenters. The monoisotopic (exact) mass is 217 g/mol. The van der Waals surface area contributed by atoms with Crippen LogP contribution >= 0.6 is 0 Å². The molecule has 0 saturated carbocycles. The molecule has 0 aromatic rings. The average molecular weight is 217 g/mol. The van der Waals surface area contributed by atoms with Crippen molar-refractivity contribution in [2.24, 2.45) is 11.8 Å². The highest BCUT2D eigenvalue weighted by Gasteiger charge is 2.26. The number of hydrogen-bond donors (Lipinski definition) is 3. The van der Waals surface area contributed by atoms with Gasteiger partial charge in [0.05, 0.1) is 18.6 Å². The Morgan fingerprint density at radius 1 is 1.27 bits per heavy atom. The number of rotatable bonds is 6. The summed E-state index contributed by atoms with van der Waals surface area (Å²) in [5.74, 6) is -2.63. The first kappa shape index (κ1) is 13.9. The van der Waals surface area contributed by atoms with Crippen molar-refractivity contribution in [2.45, 2.75) is 33.2 Å². The minimum atomic E-state index is -0.991. The number of nitrogens with one attached hydrogen (secondary N) is 1. The summed E-state index contributed by atoms with van der Waals surface area (Å²) in [6.07, 6.45) is 0.621. The van der Waals surface area contributed by atoms with Crippen molar-refractivity contribution >= 4 is 11.9 Å². The number of carboxylic acids is 1. The smallest absolute Gasteiger partial charge is 0.307 e. The van der Waals surface area contributed by atoms with Crippen LogP contribution < -0.4 is 5.32 Å². The highest BCUT2D eigenvalue weighted by Crippen LogP contribution is 2.11. The second-order valence-electron chi connectivity index (χ2n) is 3.71. The molecule has 0 spiro atoms. The lowest BCUT2D eigenvalue weighted by Crippen LogP contribution is -2.42. The second kappa shape index (κ2) is 6.40. The van der Waals surface area contributed by atoms with Gasteiger partial charge in [-0.05, 0) is 6.42 Å². The minimum Gasteiger partial charge on any atom is -0.481 e. The van der Waals surface area contributed by atoms with Crippen molar-refractivity contribution in [3.05, 3.63) is 0 Å². The number of carbonyl (C=O) groups is 2. The van der Waals surface area contributed by atoms with E-state index in [0.29, 0.717) is 6.42 Å². The van der Waals surface area contributed by atoms with E-state index in [4.69, 9.17) is 10.2 Å². The van der Waals surface area contributed by atoms with Crippen molar-refractivity contribution in [1.82, 2.24) is 5.32 Å². The summed E-state index contributed by atoms with van der Waals surface area (Å²) in [5, 5.41) is 20.2. The Hall–Kier alpha value is -1.10. The first-order valence-corrected chi connectivity index (χ1v) is 5.08. The fraction of sp³-hybridized carbons (Fsp3) is 0.800. The SMILES string of the molecule is CC[C@@H](CO)NC(=O)C(C)C(C)C(=O)O. The summed E-state index contributed by atoms with van der Waals surface area (Å²) in [6, 6.07) is -0.291. The van der Waals surface area contributed by atoms with Crippen LogP contribution in [0.15, 0.2) is 0 Å². The Morgan fingerprint density at radius 3 is 2.13 bits per heavy atom. The molecule has 0 bridgehead atoms. The molecule has 0 rings (SSSR count). The van der Waals surface area contributed by atoms with Gasteiger partial charge in [-0.3, -0.25) is 9.59 Å². The van der Waals surface area contributed by atoms with Crippen LogP contribution in [0.1, 0.15) is 27.2 Å². The lowest BCUT2D eigenvalue weighted by molar-refractivity contribution is -0.146. The maximum absolute atomic E-state index is 11.5. The number of aliphatic hydroxyl groups excluding tert-OH is 1. The molecular formula is C10H19NO4. The largest absolute Gasteiger partial charge is 0.481 e. The van der Waals surface area contributed by atoms with Gasteiger partial charge in [-0.15, -0.1) is 0 Å². The predicted molar refractivity (Wildman–Crippen MR) is 55.3 cm³/mol. The van der Waals surface area contributed by atoms with E-state index in [-0.39, 0.29) is 18.6 Å². The maximum atomic E-state index is 11.5. The van der Waals surface area contributed by atoms with Gasteiger partial charge in [0, 0.05) is 5.92 Å². The molecule has 0 saturated heterocycles. The predicted octanol–water partition coefficient (Wildman–Crippen LogP) is 0.230. The third-order valence-corrected chi connectivity index (χ3v) is 2.61. The van der Waals surface area contributed by atoms with E-state index in [1.807, 2.05) is 6.92 Å². The fourth-order valence-corrected chi connectivity index (χ4v) is 1.05. The third kappa shape index (κ3) is 4.29. The zero-order valence-corrected chi connectivity index (χ0v) is 9.36. The van der Waals surface area contributed by atoms with Gasteiger partial charge in [0.1, 0.15) is 0 Å². The zero-order valence-electron chi connectivity index (χ0n) is 9.36. The van der Waals surface area contributed by atoms with Crippen LogP contribution in [0.25, 0.3) is 0 Å². The molecule has 0 heterocycles. The van der Waals surface area contributed by atoms with Gasteiger partial charge in [-0.2, -0.15) is 0 Å². The lowest BCUT2D eigenvalue weighted by atomic mass is 9.95. The lowest BCUT2D eigenvalue weighted by Gasteiger charge is -2.20. The molecule has 0 fully saturated rings. The molecule has 0 radical (unpaired) electrons. The summed E-state index contributed by atoms with van der Waals surface area (Å²) < 4.78 is 0. The fourth-order valence-electron chi connectivity index (χ4n) is 1.05. The van der Waals surface area contributed by atoms with E-state index in [0.717, 1.165) is 0 Å². The molecule has 0 aromatic carbocycles. The number of amides is 1. The van der Waals surface area contributed by atoms with Crippen molar-refractivity contribution in [2.75, 3.05) is 6.61 Å². The molecule has 5 nitrogen and oxygen atoms in total. The average Bonchev–Trinajstić information content (AvgIpc) is 2.23. The number of carbonyl (C=O) groups excluding carboxylic acids is 1. The summed E-state index contributed by atoms with van der Waals surface area (Å²) in [6.45, 7) is 4.77. The highest BCUT2D eigenvalue weighted by atomic mass is 16.4. The molecule has 0 aliphatic rings. The molecule has 15 heavy (non-hydrogen) atoms. The highest BCUT2D eigenvalue weighted by molar-refractivity contribution is 5.84. The quantitative estimate of drug-likeness (QED) is 0.594. The molecule has 0 aliphatic carbocycles. The van der Waals surface area contributed by atoms with Crippen LogP contribution in [-0.4, -0.2) is 34.7 Å². The maximum Gasteiger partial charge on any atom is 0.307 e. The standard InChI is InChI=1S/C10H19NO4/c1-4-8(5-12)11-9(13)6(2)7(3)10(14)15/h6-8,12H,4-5H2,1-3H3,(H,11,13)(H,14,15)/t6?,7?,8-/m0/s1. The van der Waals surface area contributed by atoms with Crippen molar-refractivity contribution in [3.63, 3.8) is 0 Å². The number of hydrogen-bond acceptors (Lipinski definition) is 3. The molecule has 2 unspecified atom stereocenters. The van der Waals surface area contributed by atoms with E-state index in [2.05, 4.69) is 5.32 Å². The Labute approximate surface area is 89.5 Å². The summed E-state index contributed by atoms with van der Waals surface area (Å²) in [5.41, 5.74) is 0. The van der Waals surface area contributed by atoms with Crippen LogP contribution in [0.5, 0.6) is 0 Å². The zero-order chi connectivity index (χ0) is 12.0.